The Morgan fingerprint density at radius 1 is 1.04 bits per heavy atom. The van der Waals surface area contributed by atoms with Gasteiger partial charge in [-0.25, -0.2) is 13.1 Å². The van der Waals surface area contributed by atoms with Gasteiger partial charge in [-0.2, -0.15) is 0 Å². The van der Waals surface area contributed by atoms with E-state index in [9.17, 15) is 8.42 Å². The van der Waals surface area contributed by atoms with E-state index in [1.807, 2.05) is 37.3 Å². The average Bonchev–Trinajstić information content (AvgIpc) is 2.58. The Kier molecular flexibility index (Phi) is 6.78. The summed E-state index contributed by atoms with van der Waals surface area (Å²) in [4.78, 5) is 2.68. The highest BCUT2D eigenvalue weighted by Gasteiger charge is 2.17. The maximum atomic E-state index is 12.6. The molecular formula is C19H28N2O2S. The number of fused-ring (bicyclic) bond motifs is 1. The van der Waals surface area contributed by atoms with Crippen LogP contribution in [0.5, 0.6) is 0 Å². The minimum absolute atomic E-state index is 0.0722. The summed E-state index contributed by atoms with van der Waals surface area (Å²) in [5, 5.41) is 1.98. The van der Waals surface area contributed by atoms with Gasteiger partial charge >= 0.3 is 0 Å². The summed E-state index contributed by atoms with van der Waals surface area (Å²) in [6.07, 6.45) is 1.83. The molecule has 0 aliphatic heterocycles. The molecule has 5 heteroatoms. The lowest BCUT2D eigenvalue weighted by atomic mass is 10.1. The molecule has 132 valence electrons. The van der Waals surface area contributed by atoms with E-state index in [1.165, 1.54) is 0 Å². The van der Waals surface area contributed by atoms with Crippen LogP contribution in [0.3, 0.4) is 0 Å². The van der Waals surface area contributed by atoms with E-state index in [1.54, 1.807) is 12.1 Å². The molecule has 0 aliphatic rings. The van der Waals surface area contributed by atoms with Gasteiger partial charge in [0.2, 0.25) is 10.0 Å². The number of hydrogen-bond donors (Lipinski definition) is 1. The van der Waals surface area contributed by atoms with E-state index in [2.05, 4.69) is 23.5 Å². The molecule has 0 saturated carbocycles. The van der Waals surface area contributed by atoms with Crippen molar-refractivity contribution in [2.45, 2.75) is 44.6 Å². The predicted octanol–water partition coefficient (Wildman–Crippen LogP) is 3.63. The average molecular weight is 349 g/mol. The molecule has 0 aromatic heterocycles. The molecule has 0 bridgehead atoms. The zero-order chi connectivity index (χ0) is 17.6. The quantitative estimate of drug-likeness (QED) is 0.753. The standard InChI is InChI=1S/C19H28N2O2S/c1-4-21(5-2)14-8-9-16(3)20-24(22,23)19-13-12-17-10-6-7-11-18(17)15-19/h6-7,10-13,15-16,20H,4-5,8-9,14H2,1-3H3/t16-/m1/s1. The summed E-state index contributed by atoms with van der Waals surface area (Å²) in [7, 11) is -3.48. The number of nitrogens with zero attached hydrogens (tertiary/aromatic N) is 1. The second-order valence-electron chi connectivity index (χ2n) is 6.20. The molecule has 0 saturated heterocycles. The van der Waals surface area contributed by atoms with E-state index in [0.29, 0.717) is 4.90 Å². The van der Waals surface area contributed by atoms with Crippen molar-refractivity contribution in [2.24, 2.45) is 0 Å². The highest BCUT2D eigenvalue weighted by atomic mass is 32.2. The van der Waals surface area contributed by atoms with Crippen LogP contribution in [0.25, 0.3) is 10.8 Å². The Balaban J connectivity index is 1.98. The summed E-state index contributed by atoms with van der Waals surface area (Å²) in [6.45, 7) is 9.31. The Morgan fingerprint density at radius 2 is 1.71 bits per heavy atom. The Hall–Kier alpha value is -1.43. The maximum absolute atomic E-state index is 12.6. The summed E-state index contributed by atoms with van der Waals surface area (Å²) >= 11 is 0. The van der Waals surface area contributed by atoms with Crippen LogP contribution >= 0.6 is 0 Å². The predicted molar refractivity (Wildman–Crippen MR) is 101 cm³/mol. The van der Waals surface area contributed by atoms with Crippen LogP contribution in [0.2, 0.25) is 0 Å². The van der Waals surface area contributed by atoms with Crippen LogP contribution in [0, 0.1) is 0 Å². The fraction of sp³-hybridized carbons (Fsp3) is 0.474. The van der Waals surface area contributed by atoms with Gasteiger partial charge in [0.1, 0.15) is 0 Å². The van der Waals surface area contributed by atoms with Gasteiger partial charge in [0.25, 0.3) is 0 Å². The Morgan fingerprint density at radius 3 is 2.38 bits per heavy atom. The first-order valence-electron chi connectivity index (χ1n) is 8.69. The maximum Gasteiger partial charge on any atom is 0.240 e. The molecular weight excluding hydrogens is 320 g/mol. The van der Waals surface area contributed by atoms with Gasteiger partial charge in [-0.1, -0.05) is 44.2 Å². The molecule has 0 aliphatic carbocycles. The van der Waals surface area contributed by atoms with Gasteiger partial charge in [-0.3, -0.25) is 0 Å². The fourth-order valence-corrected chi connectivity index (χ4v) is 4.20. The lowest BCUT2D eigenvalue weighted by molar-refractivity contribution is 0.293. The number of nitrogens with one attached hydrogen (secondary N) is 1. The summed E-state index contributed by atoms with van der Waals surface area (Å²) in [5.41, 5.74) is 0. The molecule has 0 amide bonds. The molecule has 2 rings (SSSR count). The van der Waals surface area contributed by atoms with E-state index < -0.39 is 10.0 Å². The highest BCUT2D eigenvalue weighted by Crippen LogP contribution is 2.19. The zero-order valence-corrected chi connectivity index (χ0v) is 15.6. The molecule has 0 heterocycles. The van der Waals surface area contributed by atoms with Crippen LogP contribution in [0.1, 0.15) is 33.6 Å². The van der Waals surface area contributed by atoms with E-state index in [4.69, 9.17) is 0 Å². The van der Waals surface area contributed by atoms with Gasteiger partial charge in [-0.05, 0) is 62.3 Å². The summed E-state index contributed by atoms with van der Waals surface area (Å²) < 4.78 is 27.9. The molecule has 2 aromatic rings. The molecule has 0 spiro atoms. The topological polar surface area (TPSA) is 49.4 Å². The molecule has 0 radical (unpaired) electrons. The second kappa shape index (κ2) is 8.60. The molecule has 2 aromatic carbocycles. The van der Waals surface area contributed by atoms with Crippen LogP contribution in [0.15, 0.2) is 47.4 Å². The van der Waals surface area contributed by atoms with Crippen molar-refractivity contribution in [3.05, 3.63) is 42.5 Å². The summed E-state index contributed by atoms with van der Waals surface area (Å²) in [6, 6.07) is 13.0. The van der Waals surface area contributed by atoms with Gasteiger partial charge in [-0.15, -0.1) is 0 Å². The monoisotopic (exact) mass is 348 g/mol. The number of rotatable bonds is 9. The first-order valence-corrected chi connectivity index (χ1v) is 10.2. The number of sulfonamides is 1. The molecule has 4 nitrogen and oxygen atoms in total. The van der Waals surface area contributed by atoms with Crippen molar-refractivity contribution in [1.29, 1.82) is 0 Å². The largest absolute Gasteiger partial charge is 0.304 e. The highest BCUT2D eigenvalue weighted by molar-refractivity contribution is 7.89. The van der Waals surface area contributed by atoms with Crippen LogP contribution in [0.4, 0.5) is 0 Å². The normalized spacial score (nSPS) is 13.5. The van der Waals surface area contributed by atoms with Crippen molar-refractivity contribution < 1.29 is 8.42 Å². The molecule has 1 N–H and O–H groups in total. The Labute approximate surface area is 145 Å². The molecule has 0 unspecified atom stereocenters. The SMILES string of the molecule is CCN(CC)CCC[C@@H](C)NS(=O)(=O)c1ccc2ccccc2c1. The van der Waals surface area contributed by atoms with Gasteiger partial charge in [0.15, 0.2) is 0 Å². The van der Waals surface area contributed by atoms with Crippen molar-refractivity contribution in [1.82, 2.24) is 9.62 Å². The first kappa shape index (κ1) is 18.9. The second-order valence-corrected chi connectivity index (χ2v) is 7.91. The third-order valence-electron chi connectivity index (χ3n) is 4.39. The lowest BCUT2D eigenvalue weighted by Gasteiger charge is -2.19. The number of hydrogen-bond acceptors (Lipinski definition) is 3. The van der Waals surface area contributed by atoms with Gasteiger partial charge < -0.3 is 4.90 Å². The third kappa shape index (κ3) is 5.03. The minimum atomic E-state index is -3.48. The smallest absolute Gasteiger partial charge is 0.240 e. The lowest BCUT2D eigenvalue weighted by Crippen LogP contribution is -2.33. The van der Waals surface area contributed by atoms with E-state index in [0.717, 1.165) is 43.2 Å². The van der Waals surface area contributed by atoms with Crippen LogP contribution in [-0.4, -0.2) is 39.0 Å². The number of benzene rings is 2. The van der Waals surface area contributed by atoms with Crippen LogP contribution in [-0.2, 0) is 10.0 Å². The van der Waals surface area contributed by atoms with Gasteiger partial charge in [0, 0.05) is 6.04 Å². The van der Waals surface area contributed by atoms with E-state index >= 15 is 0 Å². The van der Waals surface area contributed by atoms with Crippen molar-refractivity contribution >= 4 is 20.8 Å². The van der Waals surface area contributed by atoms with Crippen LogP contribution < -0.4 is 4.72 Å². The first-order chi connectivity index (χ1) is 11.5. The molecule has 1 atom stereocenters. The Bertz CT molecular complexity index is 755. The molecule has 24 heavy (non-hydrogen) atoms. The minimum Gasteiger partial charge on any atom is -0.304 e. The third-order valence-corrected chi connectivity index (χ3v) is 5.98. The zero-order valence-electron chi connectivity index (χ0n) is 14.8. The molecule has 0 fully saturated rings. The summed E-state index contributed by atoms with van der Waals surface area (Å²) in [5.74, 6) is 0. The van der Waals surface area contributed by atoms with E-state index in [-0.39, 0.29) is 6.04 Å². The van der Waals surface area contributed by atoms with Crippen molar-refractivity contribution in [2.75, 3.05) is 19.6 Å². The fourth-order valence-electron chi connectivity index (χ4n) is 2.89. The van der Waals surface area contributed by atoms with Crippen molar-refractivity contribution in [3.63, 3.8) is 0 Å². The van der Waals surface area contributed by atoms with Crippen molar-refractivity contribution in [3.8, 4) is 0 Å². The van der Waals surface area contributed by atoms with Gasteiger partial charge in [0.05, 0.1) is 4.90 Å².